The smallest absolute Gasteiger partial charge is 0.306 e. The number of esters is 1. The molecular weight excluding hydrogens is 382 g/mol. The van der Waals surface area contributed by atoms with Crippen LogP contribution in [0.2, 0.25) is 0 Å². The topological polar surface area (TPSA) is 108 Å². The van der Waals surface area contributed by atoms with Crippen LogP contribution < -0.4 is 11.5 Å². The normalized spacial score (nSPS) is 15.8. The molecule has 8 heteroatoms. The summed E-state index contributed by atoms with van der Waals surface area (Å²) in [4.78, 5) is 30.7. The standard InChI is InChI=1S/C19H19N3O3S2/c1-2-25-12(23)8-9-5-6-10-13(11-4-3-7-26-11)14-15(20)17(18(21)24)27-19(14)22-16(9)10/h3-4,7,9H,2,5-6,8,20H2,1H3,(H2,21,24). The van der Waals surface area contributed by atoms with Crippen LogP contribution in [0.25, 0.3) is 20.7 Å². The summed E-state index contributed by atoms with van der Waals surface area (Å²) in [7, 11) is 0. The van der Waals surface area contributed by atoms with Gasteiger partial charge in [-0.25, -0.2) is 4.98 Å². The lowest BCUT2D eigenvalue weighted by Gasteiger charge is -2.13. The first-order valence-electron chi connectivity index (χ1n) is 8.75. The first-order valence-corrected chi connectivity index (χ1v) is 10.4. The highest BCUT2D eigenvalue weighted by atomic mass is 32.1. The Kier molecular flexibility index (Phi) is 4.61. The summed E-state index contributed by atoms with van der Waals surface area (Å²) in [6.45, 7) is 2.17. The number of nitrogens with two attached hydrogens (primary N) is 2. The Labute approximate surface area is 164 Å². The highest BCUT2D eigenvalue weighted by Crippen LogP contribution is 2.48. The number of fused-ring (bicyclic) bond motifs is 2. The molecule has 3 heterocycles. The molecule has 0 saturated carbocycles. The molecule has 0 aliphatic heterocycles. The molecule has 0 spiro atoms. The Morgan fingerprint density at radius 3 is 2.89 bits per heavy atom. The van der Waals surface area contributed by atoms with E-state index in [9.17, 15) is 9.59 Å². The number of nitrogen functional groups attached to an aromatic ring is 1. The third kappa shape index (κ3) is 2.98. The zero-order chi connectivity index (χ0) is 19.1. The molecule has 1 unspecified atom stereocenters. The maximum absolute atomic E-state index is 12.0. The van der Waals surface area contributed by atoms with Gasteiger partial charge in [-0.1, -0.05) is 6.07 Å². The molecule has 1 amide bonds. The van der Waals surface area contributed by atoms with E-state index in [1.165, 1.54) is 11.3 Å². The molecule has 0 fully saturated rings. The van der Waals surface area contributed by atoms with Crippen LogP contribution in [-0.4, -0.2) is 23.5 Å². The molecule has 3 aromatic rings. The molecule has 4 rings (SSSR count). The van der Waals surface area contributed by atoms with E-state index in [4.69, 9.17) is 21.2 Å². The minimum Gasteiger partial charge on any atom is -0.466 e. The van der Waals surface area contributed by atoms with Crippen LogP contribution in [-0.2, 0) is 16.0 Å². The average molecular weight is 402 g/mol. The van der Waals surface area contributed by atoms with Gasteiger partial charge in [0.2, 0.25) is 0 Å². The maximum atomic E-state index is 12.0. The summed E-state index contributed by atoms with van der Waals surface area (Å²) >= 11 is 2.84. The van der Waals surface area contributed by atoms with Crippen molar-refractivity contribution in [1.29, 1.82) is 0 Å². The Morgan fingerprint density at radius 2 is 2.22 bits per heavy atom. The molecule has 1 aliphatic carbocycles. The zero-order valence-corrected chi connectivity index (χ0v) is 16.4. The molecule has 0 bridgehead atoms. The third-order valence-electron chi connectivity index (χ3n) is 4.85. The molecule has 6 nitrogen and oxygen atoms in total. The summed E-state index contributed by atoms with van der Waals surface area (Å²) in [6, 6.07) is 4.03. The number of ether oxygens (including phenoxy) is 1. The van der Waals surface area contributed by atoms with Crippen molar-refractivity contribution in [3.63, 3.8) is 0 Å². The number of anilines is 1. The predicted octanol–water partition coefficient (Wildman–Crippen LogP) is 3.69. The lowest BCUT2D eigenvalue weighted by atomic mass is 9.99. The molecule has 27 heavy (non-hydrogen) atoms. The fourth-order valence-corrected chi connectivity index (χ4v) is 5.52. The van der Waals surface area contributed by atoms with Crippen LogP contribution in [0.3, 0.4) is 0 Å². The fourth-order valence-electron chi connectivity index (χ4n) is 3.75. The second-order valence-corrected chi connectivity index (χ2v) is 8.41. The van der Waals surface area contributed by atoms with Crippen molar-refractivity contribution in [2.45, 2.75) is 32.1 Å². The van der Waals surface area contributed by atoms with Crippen molar-refractivity contribution in [3.8, 4) is 10.4 Å². The van der Waals surface area contributed by atoms with Gasteiger partial charge in [0.25, 0.3) is 5.91 Å². The molecule has 0 aromatic carbocycles. The quantitative estimate of drug-likeness (QED) is 0.634. The van der Waals surface area contributed by atoms with Crippen LogP contribution >= 0.6 is 22.7 Å². The van der Waals surface area contributed by atoms with Crippen LogP contribution in [0.1, 0.15) is 46.6 Å². The average Bonchev–Trinajstić information content (AvgIpc) is 3.34. The Balaban J connectivity index is 1.92. The predicted molar refractivity (Wildman–Crippen MR) is 108 cm³/mol. The van der Waals surface area contributed by atoms with E-state index >= 15 is 0 Å². The molecule has 3 aromatic heterocycles. The molecule has 140 valence electrons. The van der Waals surface area contributed by atoms with Crippen molar-refractivity contribution in [2.24, 2.45) is 5.73 Å². The third-order valence-corrected chi connectivity index (χ3v) is 6.85. The summed E-state index contributed by atoms with van der Waals surface area (Å²) < 4.78 is 5.12. The largest absolute Gasteiger partial charge is 0.466 e. The Hall–Kier alpha value is -2.45. The summed E-state index contributed by atoms with van der Waals surface area (Å²) in [5.74, 6) is -0.739. The van der Waals surface area contributed by atoms with Gasteiger partial charge in [-0.05, 0) is 36.8 Å². The van der Waals surface area contributed by atoms with E-state index in [1.807, 2.05) is 17.5 Å². The van der Waals surface area contributed by atoms with Crippen molar-refractivity contribution in [3.05, 3.63) is 33.6 Å². The van der Waals surface area contributed by atoms with Crippen molar-refractivity contribution in [1.82, 2.24) is 4.98 Å². The van der Waals surface area contributed by atoms with E-state index < -0.39 is 5.91 Å². The number of aromatic nitrogens is 1. The van der Waals surface area contributed by atoms with Gasteiger partial charge in [0.1, 0.15) is 9.71 Å². The zero-order valence-electron chi connectivity index (χ0n) is 14.8. The second-order valence-electron chi connectivity index (χ2n) is 6.46. The highest BCUT2D eigenvalue weighted by molar-refractivity contribution is 7.21. The van der Waals surface area contributed by atoms with E-state index in [0.29, 0.717) is 28.4 Å². The SMILES string of the molecule is CCOC(=O)CC1CCc2c1nc1sc(C(N)=O)c(N)c1c2-c1cccs1. The number of carbonyl (C=O) groups excluding carboxylic acids is 2. The van der Waals surface area contributed by atoms with Crippen molar-refractivity contribution < 1.29 is 14.3 Å². The molecule has 0 saturated heterocycles. The van der Waals surface area contributed by atoms with Gasteiger partial charge in [0, 0.05) is 27.4 Å². The number of hydrogen-bond donors (Lipinski definition) is 2. The van der Waals surface area contributed by atoms with Gasteiger partial charge in [-0.15, -0.1) is 22.7 Å². The monoisotopic (exact) mass is 401 g/mol. The van der Waals surface area contributed by atoms with Gasteiger partial charge >= 0.3 is 5.97 Å². The second kappa shape index (κ2) is 6.94. The Morgan fingerprint density at radius 1 is 1.41 bits per heavy atom. The van der Waals surface area contributed by atoms with E-state index in [0.717, 1.165) is 39.9 Å². The fraction of sp³-hybridized carbons (Fsp3) is 0.316. The van der Waals surface area contributed by atoms with Crippen LogP contribution in [0.5, 0.6) is 0 Å². The van der Waals surface area contributed by atoms with Crippen molar-refractivity contribution in [2.75, 3.05) is 12.3 Å². The van der Waals surface area contributed by atoms with Gasteiger partial charge in [0.15, 0.2) is 0 Å². The number of primary amides is 1. The van der Waals surface area contributed by atoms with Crippen LogP contribution in [0.4, 0.5) is 5.69 Å². The highest BCUT2D eigenvalue weighted by Gasteiger charge is 2.32. The minimum absolute atomic E-state index is 0.0162. The molecule has 0 radical (unpaired) electrons. The van der Waals surface area contributed by atoms with Gasteiger partial charge in [-0.2, -0.15) is 0 Å². The molecule has 1 aliphatic rings. The number of pyridine rings is 1. The maximum Gasteiger partial charge on any atom is 0.306 e. The molecule has 4 N–H and O–H groups in total. The lowest BCUT2D eigenvalue weighted by Crippen LogP contribution is -2.10. The van der Waals surface area contributed by atoms with Gasteiger partial charge < -0.3 is 16.2 Å². The molecular formula is C19H19N3O3S2. The number of hydrogen-bond acceptors (Lipinski definition) is 7. The van der Waals surface area contributed by atoms with E-state index in [1.54, 1.807) is 18.3 Å². The first-order chi connectivity index (χ1) is 13.0. The number of rotatable bonds is 5. The van der Waals surface area contributed by atoms with Crippen LogP contribution in [0, 0.1) is 0 Å². The summed E-state index contributed by atoms with van der Waals surface area (Å²) in [6.07, 6.45) is 1.98. The summed E-state index contributed by atoms with van der Waals surface area (Å²) in [5.41, 5.74) is 15.2. The number of carbonyl (C=O) groups is 2. The number of nitrogens with zero attached hydrogens (tertiary/aromatic N) is 1. The van der Waals surface area contributed by atoms with Gasteiger partial charge in [-0.3, -0.25) is 9.59 Å². The summed E-state index contributed by atoms with van der Waals surface area (Å²) in [5, 5.41) is 2.81. The number of amides is 1. The molecule has 1 atom stereocenters. The minimum atomic E-state index is -0.545. The van der Waals surface area contributed by atoms with Gasteiger partial charge in [0.05, 0.1) is 18.7 Å². The van der Waals surface area contributed by atoms with Crippen molar-refractivity contribution >= 4 is 50.5 Å². The lowest BCUT2D eigenvalue weighted by molar-refractivity contribution is -0.143. The Bertz CT molecular complexity index is 1040. The first kappa shape index (κ1) is 17.9. The van der Waals surface area contributed by atoms with E-state index in [-0.39, 0.29) is 11.9 Å². The van der Waals surface area contributed by atoms with E-state index in [2.05, 4.69) is 0 Å². The van der Waals surface area contributed by atoms with Crippen LogP contribution in [0.15, 0.2) is 17.5 Å². The number of thiophene rings is 2.